The van der Waals surface area contributed by atoms with Gasteiger partial charge in [0.15, 0.2) is 0 Å². The summed E-state index contributed by atoms with van der Waals surface area (Å²) in [4.78, 5) is 11.2. The Morgan fingerprint density at radius 2 is 2.14 bits per heavy atom. The maximum Gasteiger partial charge on any atom is 0.335 e. The van der Waals surface area contributed by atoms with Crippen molar-refractivity contribution in [2.24, 2.45) is 17.3 Å². The van der Waals surface area contributed by atoms with Crippen LogP contribution in [-0.2, 0) is 6.42 Å². The molecular weight excluding hydrogens is 340 g/mol. The van der Waals surface area contributed by atoms with Gasteiger partial charge in [0, 0.05) is 5.33 Å². The lowest BCUT2D eigenvalue weighted by Gasteiger charge is -2.50. The van der Waals surface area contributed by atoms with E-state index in [2.05, 4.69) is 22.0 Å². The Balaban J connectivity index is 1.68. The zero-order valence-electron chi connectivity index (χ0n) is 12.9. The molecule has 2 fully saturated rings. The van der Waals surface area contributed by atoms with Crippen LogP contribution in [0, 0.1) is 17.3 Å². The first kappa shape index (κ1) is 14.7. The lowest BCUT2D eigenvalue weighted by Crippen LogP contribution is -2.42. The fraction of sp³-hybridized carbons (Fsp3) is 0.632. The van der Waals surface area contributed by atoms with E-state index in [1.54, 1.807) is 0 Å². The van der Waals surface area contributed by atoms with Crippen LogP contribution in [0.15, 0.2) is 18.2 Å². The number of carboxylic acids is 1. The highest BCUT2D eigenvalue weighted by Gasteiger charge is 2.52. The van der Waals surface area contributed by atoms with Gasteiger partial charge in [0.25, 0.3) is 0 Å². The second-order valence-electron chi connectivity index (χ2n) is 7.56. The summed E-state index contributed by atoms with van der Waals surface area (Å²) >= 11 is 3.82. The van der Waals surface area contributed by atoms with Gasteiger partial charge >= 0.3 is 5.97 Å². The molecule has 1 N–H and O–H groups in total. The van der Waals surface area contributed by atoms with Crippen molar-refractivity contribution < 1.29 is 9.90 Å². The van der Waals surface area contributed by atoms with E-state index in [0.717, 1.165) is 18.3 Å². The van der Waals surface area contributed by atoms with E-state index < -0.39 is 5.97 Å². The number of halogens is 1. The summed E-state index contributed by atoms with van der Waals surface area (Å²) in [6, 6.07) is 5.85. The number of hydrogen-bond acceptors (Lipinski definition) is 1. The van der Waals surface area contributed by atoms with E-state index in [0.29, 0.717) is 16.9 Å². The van der Waals surface area contributed by atoms with Gasteiger partial charge in [0.2, 0.25) is 0 Å². The van der Waals surface area contributed by atoms with Crippen molar-refractivity contribution in [2.45, 2.75) is 50.9 Å². The van der Waals surface area contributed by atoms with Crippen molar-refractivity contribution in [1.29, 1.82) is 0 Å². The van der Waals surface area contributed by atoms with Crippen LogP contribution in [0.2, 0.25) is 0 Å². The van der Waals surface area contributed by atoms with Crippen molar-refractivity contribution >= 4 is 21.9 Å². The molecule has 0 saturated heterocycles. The highest BCUT2D eigenvalue weighted by Crippen LogP contribution is 2.61. The van der Waals surface area contributed by atoms with E-state index >= 15 is 0 Å². The molecule has 0 radical (unpaired) electrons. The number of aromatic carboxylic acids is 1. The lowest BCUT2D eigenvalue weighted by atomic mass is 9.56. The summed E-state index contributed by atoms with van der Waals surface area (Å²) in [5.74, 6) is 1.56. The van der Waals surface area contributed by atoms with Gasteiger partial charge in [-0.2, -0.15) is 0 Å². The zero-order valence-corrected chi connectivity index (χ0v) is 14.4. The van der Waals surface area contributed by atoms with Gasteiger partial charge in [-0.25, -0.2) is 4.79 Å². The van der Waals surface area contributed by atoms with Crippen molar-refractivity contribution in [3.05, 3.63) is 34.9 Å². The van der Waals surface area contributed by atoms with Gasteiger partial charge in [-0.15, -0.1) is 0 Å². The number of carbonyl (C=O) groups is 1. The summed E-state index contributed by atoms with van der Waals surface area (Å²) < 4.78 is 0. The van der Waals surface area contributed by atoms with Crippen molar-refractivity contribution in [1.82, 2.24) is 0 Å². The van der Waals surface area contributed by atoms with E-state index in [1.165, 1.54) is 55.0 Å². The van der Waals surface area contributed by atoms with E-state index in [1.807, 2.05) is 12.1 Å². The topological polar surface area (TPSA) is 37.3 Å². The molecule has 1 aromatic carbocycles. The SMILES string of the molecule is O=C(O)c1ccc2c(c1)CC[C@@H]1[C@@H]2CC[C@]2(CBr)CCC[C@@H]12. The normalized spacial score (nSPS) is 36.3. The Hall–Kier alpha value is -0.830. The Morgan fingerprint density at radius 1 is 1.27 bits per heavy atom. The van der Waals surface area contributed by atoms with Crippen LogP contribution in [0.25, 0.3) is 0 Å². The van der Waals surface area contributed by atoms with Crippen LogP contribution in [0.5, 0.6) is 0 Å². The zero-order chi connectivity index (χ0) is 15.3. The minimum absolute atomic E-state index is 0.448. The molecule has 3 aliphatic carbocycles. The Kier molecular flexibility index (Phi) is 3.60. The Morgan fingerprint density at radius 3 is 2.91 bits per heavy atom. The fourth-order valence-corrected chi connectivity index (χ4v) is 6.72. The third-order valence-electron chi connectivity index (χ3n) is 6.77. The van der Waals surface area contributed by atoms with Crippen LogP contribution >= 0.6 is 15.9 Å². The van der Waals surface area contributed by atoms with E-state index in [-0.39, 0.29) is 0 Å². The maximum absolute atomic E-state index is 11.2. The highest BCUT2D eigenvalue weighted by atomic mass is 79.9. The molecule has 3 heteroatoms. The molecule has 3 aliphatic rings. The molecule has 0 heterocycles. The predicted octanol–water partition coefficient (Wildman–Crippen LogP) is 5.01. The number of benzene rings is 1. The quantitative estimate of drug-likeness (QED) is 0.751. The van der Waals surface area contributed by atoms with Gasteiger partial charge in [0.05, 0.1) is 5.56 Å². The maximum atomic E-state index is 11.2. The largest absolute Gasteiger partial charge is 0.478 e. The summed E-state index contributed by atoms with van der Waals surface area (Å²) in [5.41, 5.74) is 3.75. The standard InChI is InChI=1S/C19H23BrO2/c20-11-19-8-1-2-17(19)16-6-3-12-10-13(18(21)22)4-5-14(12)15(16)7-9-19/h4-5,10,15-17H,1-3,6-9,11H2,(H,21,22)/t15-,16-,17+,19+/m1/s1. The molecule has 0 aliphatic heterocycles. The first-order valence-electron chi connectivity index (χ1n) is 8.57. The smallest absolute Gasteiger partial charge is 0.335 e. The predicted molar refractivity (Wildman–Crippen MR) is 90.8 cm³/mol. The fourth-order valence-electron chi connectivity index (χ4n) is 5.74. The van der Waals surface area contributed by atoms with Gasteiger partial charge in [-0.1, -0.05) is 28.4 Å². The molecule has 22 heavy (non-hydrogen) atoms. The van der Waals surface area contributed by atoms with Crippen LogP contribution in [0.4, 0.5) is 0 Å². The monoisotopic (exact) mass is 362 g/mol. The highest BCUT2D eigenvalue weighted by molar-refractivity contribution is 9.09. The van der Waals surface area contributed by atoms with Crippen LogP contribution in [0.1, 0.15) is 65.9 Å². The summed E-state index contributed by atoms with van der Waals surface area (Å²) in [7, 11) is 0. The molecule has 0 unspecified atom stereocenters. The minimum Gasteiger partial charge on any atom is -0.478 e. The number of fused-ring (bicyclic) bond motifs is 5. The minimum atomic E-state index is -0.803. The van der Waals surface area contributed by atoms with Gasteiger partial charge < -0.3 is 5.11 Å². The Bertz CT molecular complexity index is 611. The number of alkyl halides is 1. The van der Waals surface area contributed by atoms with Gasteiger partial charge in [0.1, 0.15) is 0 Å². The van der Waals surface area contributed by atoms with Crippen LogP contribution < -0.4 is 0 Å². The molecule has 4 rings (SSSR count). The summed E-state index contributed by atoms with van der Waals surface area (Å²) in [6.45, 7) is 0. The second kappa shape index (κ2) is 5.36. The average molecular weight is 363 g/mol. The average Bonchev–Trinajstić information content (AvgIpc) is 2.98. The van der Waals surface area contributed by atoms with E-state index in [4.69, 9.17) is 0 Å². The Labute approximate surface area is 140 Å². The molecule has 2 nitrogen and oxygen atoms in total. The number of rotatable bonds is 2. The van der Waals surface area contributed by atoms with Crippen LogP contribution in [-0.4, -0.2) is 16.4 Å². The first-order chi connectivity index (χ1) is 10.6. The molecule has 2 saturated carbocycles. The molecular formula is C19H23BrO2. The second-order valence-corrected chi connectivity index (χ2v) is 8.12. The van der Waals surface area contributed by atoms with E-state index in [9.17, 15) is 9.90 Å². The van der Waals surface area contributed by atoms with Crippen LogP contribution in [0.3, 0.4) is 0 Å². The molecule has 118 valence electrons. The molecule has 0 aromatic heterocycles. The van der Waals surface area contributed by atoms with Crippen molar-refractivity contribution in [3.8, 4) is 0 Å². The van der Waals surface area contributed by atoms with Crippen molar-refractivity contribution in [2.75, 3.05) is 5.33 Å². The molecule has 4 atom stereocenters. The summed E-state index contributed by atoms with van der Waals surface area (Å²) in [6.07, 6.45) is 9.12. The van der Waals surface area contributed by atoms with Gasteiger partial charge in [-0.05, 0) is 85.0 Å². The third kappa shape index (κ3) is 2.08. The first-order valence-corrected chi connectivity index (χ1v) is 9.69. The lowest BCUT2D eigenvalue weighted by molar-refractivity contribution is 0.0645. The van der Waals surface area contributed by atoms with Crippen molar-refractivity contribution in [3.63, 3.8) is 0 Å². The molecule has 1 aromatic rings. The molecule has 0 amide bonds. The van der Waals surface area contributed by atoms with Gasteiger partial charge in [-0.3, -0.25) is 0 Å². The number of hydrogen-bond donors (Lipinski definition) is 1. The molecule has 0 bridgehead atoms. The summed E-state index contributed by atoms with van der Waals surface area (Å²) in [5, 5.41) is 10.4. The number of carboxylic acid groups (broad SMARTS) is 1. The molecule has 0 spiro atoms. The third-order valence-corrected chi connectivity index (χ3v) is 7.88. The number of aryl methyl sites for hydroxylation is 1.